The van der Waals surface area contributed by atoms with Gasteiger partial charge in [-0.15, -0.1) is 0 Å². The van der Waals surface area contributed by atoms with Gasteiger partial charge in [0.2, 0.25) is 0 Å². The average Bonchev–Trinajstić information content (AvgIpc) is 2.24. The zero-order valence-electron chi connectivity index (χ0n) is 11.1. The number of hydrogen-bond acceptors (Lipinski definition) is 2. The van der Waals surface area contributed by atoms with Crippen molar-refractivity contribution in [1.29, 1.82) is 0 Å². The van der Waals surface area contributed by atoms with Crippen molar-refractivity contribution in [2.75, 3.05) is 26.2 Å². The van der Waals surface area contributed by atoms with E-state index in [1.807, 2.05) is 27.7 Å². The fourth-order valence-corrected chi connectivity index (χ4v) is 1.36. The van der Waals surface area contributed by atoms with E-state index >= 15 is 0 Å². The summed E-state index contributed by atoms with van der Waals surface area (Å²) in [5.74, 6) is 0. The maximum absolute atomic E-state index is 11.5. The molecule has 0 unspecified atom stereocenters. The third-order valence-corrected chi connectivity index (χ3v) is 2.35. The molecule has 0 spiro atoms. The number of ether oxygens (including phenoxy) is 1. The van der Waals surface area contributed by atoms with Gasteiger partial charge < -0.3 is 15.0 Å². The molecule has 0 radical (unpaired) electrons. The molecule has 0 rings (SSSR count). The lowest BCUT2D eigenvalue weighted by molar-refractivity contribution is 0.0760. The molecule has 96 valence electrons. The van der Waals surface area contributed by atoms with Gasteiger partial charge in [-0.25, -0.2) is 4.79 Å². The molecule has 0 aromatic heterocycles. The van der Waals surface area contributed by atoms with Gasteiger partial charge in [0.15, 0.2) is 0 Å². The van der Waals surface area contributed by atoms with Crippen LogP contribution in [0.15, 0.2) is 0 Å². The third-order valence-electron chi connectivity index (χ3n) is 2.35. The SMILES string of the molecule is CCN(CC)C(=O)NCCCCOC(C)C. The molecule has 1 N–H and O–H groups in total. The van der Waals surface area contributed by atoms with Gasteiger partial charge in [0.1, 0.15) is 0 Å². The summed E-state index contributed by atoms with van der Waals surface area (Å²) in [6.45, 7) is 11.1. The molecular weight excluding hydrogens is 204 g/mol. The fourth-order valence-electron chi connectivity index (χ4n) is 1.36. The average molecular weight is 230 g/mol. The summed E-state index contributed by atoms with van der Waals surface area (Å²) in [4.78, 5) is 13.3. The highest BCUT2D eigenvalue weighted by molar-refractivity contribution is 5.73. The van der Waals surface area contributed by atoms with Crippen LogP contribution in [-0.2, 0) is 4.74 Å². The van der Waals surface area contributed by atoms with Crippen LogP contribution in [0.2, 0.25) is 0 Å². The van der Waals surface area contributed by atoms with E-state index < -0.39 is 0 Å². The van der Waals surface area contributed by atoms with Crippen LogP contribution >= 0.6 is 0 Å². The van der Waals surface area contributed by atoms with Crippen LogP contribution in [0.3, 0.4) is 0 Å². The Hall–Kier alpha value is -0.770. The van der Waals surface area contributed by atoms with Crippen LogP contribution in [-0.4, -0.2) is 43.3 Å². The molecule has 0 aliphatic heterocycles. The van der Waals surface area contributed by atoms with Crippen molar-refractivity contribution in [1.82, 2.24) is 10.2 Å². The molecule has 0 saturated heterocycles. The Bertz CT molecular complexity index is 180. The molecule has 0 aliphatic carbocycles. The van der Waals surface area contributed by atoms with Crippen LogP contribution in [0.4, 0.5) is 4.79 Å². The summed E-state index contributed by atoms with van der Waals surface area (Å²) in [6.07, 6.45) is 2.27. The summed E-state index contributed by atoms with van der Waals surface area (Å²) >= 11 is 0. The minimum absolute atomic E-state index is 0.0368. The van der Waals surface area contributed by atoms with Gasteiger partial charge >= 0.3 is 6.03 Å². The summed E-state index contributed by atoms with van der Waals surface area (Å²) in [5.41, 5.74) is 0. The molecule has 2 amide bonds. The molecule has 0 aliphatic rings. The number of rotatable bonds is 8. The van der Waals surface area contributed by atoms with Crippen LogP contribution in [0, 0.1) is 0 Å². The van der Waals surface area contributed by atoms with E-state index in [4.69, 9.17) is 4.74 Å². The van der Waals surface area contributed by atoms with Crippen molar-refractivity contribution in [2.24, 2.45) is 0 Å². The highest BCUT2D eigenvalue weighted by Gasteiger charge is 2.06. The topological polar surface area (TPSA) is 41.6 Å². The predicted octanol–water partition coefficient (Wildman–Crippen LogP) is 2.24. The quantitative estimate of drug-likeness (QED) is 0.650. The van der Waals surface area contributed by atoms with Crippen LogP contribution < -0.4 is 5.32 Å². The number of nitrogens with one attached hydrogen (secondary N) is 1. The van der Waals surface area contributed by atoms with E-state index in [2.05, 4.69) is 5.32 Å². The van der Waals surface area contributed by atoms with E-state index in [0.29, 0.717) is 6.10 Å². The number of nitrogens with zero attached hydrogens (tertiary/aromatic N) is 1. The number of unbranched alkanes of at least 4 members (excludes halogenated alkanes) is 1. The zero-order valence-corrected chi connectivity index (χ0v) is 11.1. The first-order chi connectivity index (χ1) is 7.61. The van der Waals surface area contributed by atoms with Crippen molar-refractivity contribution < 1.29 is 9.53 Å². The Morgan fingerprint density at radius 1 is 1.25 bits per heavy atom. The number of amides is 2. The first-order valence-corrected chi connectivity index (χ1v) is 6.26. The van der Waals surface area contributed by atoms with Gasteiger partial charge in [-0.05, 0) is 40.5 Å². The van der Waals surface area contributed by atoms with Crippen LogP contribution in [0.1, 0.15) is 40.5 Å². The van der Waals surface area contributed by atoms with Crippen molar-refractivity contribution in [3.8, 4) is 0 Å². The fraction of sp³-hybridized carbons (Fsp3) is 0.917. The number of urea groups is 1. The van der Waals surface area contributed by atoms with Crippen LogP contribution in [0.25, 0.3) is 0 Å². The number of carbonyl (C=O) groups excluding carboxylic acids is 1. The second-order valence-electron chi connectivity index (χ2n) is 4.03. The Morgan fingerprint density at radius 2 is 1.88 bits per heavy atom. The van der Waals surface area contributed by atoms with Gasteiger partial charge in [0, 0.05) is 26.2 Å². The summed E-state index contributed by atoms with van der Waals surface area (Å²) in [7, 11) is 0. The minimum atomic E-state index is 0.0368. The molecule has 4 heteroatoms. The van der Waals surface area contributed by atoms with Gasteiger partial charge in [0.05, 0.1) is 6.10 Å². The molecule has 0 atom stereocenters. The predicted molar refractivity (Wildman–Crippen MR) is 66.6 cm³/mol. The van der Waals surface area contributed by atoms with Crippen molar-refractivity contribution >= 4 is 6.03 Å². The Kier molecular flexibility index (Phi) is 9.00. The molecular formula is C12H26N2O2. The lowest BCUT2D eigenvalue weighted by atomic mass is 10.3. The standard InChI is InChI=1S/C12H26N2O2/c1-5-14(6-2)12(15)13-9-7-8-10-16-11(3)4/h11H,5-10H2,1-4H3,(H,13,15). The van der Waals surface area contributed by atoms with Gasteiger partial charge in [-0.2, -0.15) is 0 Å². The molecule has 0 heterocycles. The summed E-state index contributed by atoms with van der Waals surface area (Å²) < 4.78 is 5.42. The Morgan fingerprint density at radius 3 is 2.38 bits per heavy atom. The van der Waals surface area contributed by atoms with Gasteiger partial charge in [0.25, 0.3) is 0 Å². The van der Waals surface area contributed by atoms with E-state index in [1.165, 1.54) is 0 Å². The summed E-state index contributed by atoms with van der Waals surface area (Å²) in [5, 5.41) is 2.90. The molecule has 0 saturated carbocycles. The second kappa shape index (κ2) is 9.46. The molecule has 0 bridgehead atoms. The van der Waals surface area contributed by atoms with E-state index in [-0.39, 0.29) is 6.03 Å². The Labute approximate surface area is 99.3 Å². The van der Waals surface area contributed by atoms with Crippen molar-refractivity contribution in [3.63, 3.8) is 0 Å². The van der Waals surface area contributed by atoms with Crippen LogP contribution in [0.5, 0.6) is 0 Å². The molecule has 0 aromatic carbocycles. The number of hydrogen-bond donors (Lipinski definition) is 1. The van der Waals surface area contributed by atoms with E-state index in [0.717, 1.165) is 39.1 Å². The number of carbonyl (C=O) groups is 1. The first kappa shape index (κ1) is 15.2. The smallest absolute Gasteiger partial charge is 0.317 e. The monoisotopic (exact) mass is 230 g/mol. The molecule has 16 heavy (non-hydrogen) atoms. The lowest BCUT2D eigenvalue weighted by Gasteiger charge is -2.19. The highest BCUT2D eigenvalue weighted by Crippen LogP contribution is 1.94. The Balaban J connectivity index is 3.40. The maximum atomic E-state index is 11.5. The van der Waals surface area contributed by atoms with Crippen molar-refractivity contribution in [2.45, 2.75) is 46.6 Å². The van der Waals surface area contributed by atoms with Gasteiger partial charge in [-0.1, -0.05) is 0 Å². The molecule has 0 aromatic rings. The highest BCUT2D eigenvalue weighted by atomic mass is 16.5. The zero-order chi connectivity index (χ0) is 12.4. The molecule has 0 fully saturated rings. The van der Waals surface area contributed by atoms with E-state index in [1.54, 1.807) is 4.90 Å². The van der Waals surface area contributed by atoms with E-state index in [9.17, 15) is 4.79 Å². The second-order valence-corrected chi connectivity index (χ2v) is 4.03. The molecule has 4 nitrogen and oxygen atoms in total. The normalized spacial score (nSPS) is 10.6. The summed E-state index contributed by atoms with van der Waals surface area (Å²) in [6, 6.07) is 0.0368. The maximum Gasteiger partial charge on any atom is 0.317 e. The van der Waals surface area contributed by atoms with Gasteiger partial charge in [-0.3, -0.25) is 0 Å². The van der Waals surface area contributed by atoms with Crippen molar-refractivity contribution in [3.05, 3.63) is 0 Å². The largest absolute Gasteiger partial charge is 0.379 e. The third kappa shape index (κ3) is 7.51. The lowest BCUT2D eigenvalue weighted by Crippen LogP contribution is -2.40. The minimum Gasteiger partial charge on any atom is -0.379 e. The first-order valence-electron chi connectivity index (χ1n) is 6.26.